The van der Waals surface area contributed by atoms with Crippen molar-refractivity contribution in [1.29, 1.82) is 0 Å². The van der Waals surface area contributed by atoms with Gasteiger partial charge in [0, 0.05) is 67.1 Å². The van der Waals surface area contributed by atoms with Crippen LogP contribution in [0.2, 0.25) is 5.02 Å². The van der Waals surface area contributed by atoms with E-state index in [9.17, 15) is 0 Å². The Bertz CT molecular complexity index is 998. The van der Waals surface area contributed by atoms with Gasteiger partial charge in [0.15, 0.2) is 5.96 Å². The molecule has 0 amide bonds. The molecule has 3 N–H and O–H groups in total. The standard InChI is InChI=1S/C24H31ClN6.HI/c1-2-26-24(28-12-8-18-16-29-23-7-6-19(25)15-22(18)23)30-20-9-13-31(14-10-20)17-21-5-3-4-11-27-21;/h3-7,11,15-16,20,29H,2,8-10,12-14,17H2,1H3,(H2,26,28,30);1H. The minimum absolute atomic E-state index is 0. The van der Waals surface area contributed by atoms with Gasteiger partial charge in [0.05, 0.1) is 5.69 Å². The molecule has 172 valence electrons. The summed E-state index contributed by atoms with van der Waals surface area (Å²) in [5.74, 6) is 0.906. The van der Waals surface area contributed by atoms with Crippen LogP contribution in [-0.4, -0.2) is 53.0 Å². The van der Waals surface area contributed by atoms with Crippen molar-refractivity contribution in [2.24, 2.45) is 4.99 Å². The quantitative estimate of drug-likeness (QED) is 0.222. The molecule has 0 aliphatic carbocycles. The van der Waals surface area contributed by atoms with Crippen LogP contribution in [0.4, 0.5) is 0 Å². The van der Waals surface area contributed by atoms with Gasteiger partial charge < -0.3 is 15.6 Å². The summed E-state index contributed by atoms with van der Waals surface area (Å²) in [6, 6.07) is 12.5. The predicted octanol–water partition coefficient (Wildman–Crippen LogP) is 4.60. The first-order valence-electron chi connectivity index (χ1n) is 11.1. The molecule has 3 aromatic rings. The fourth-order valence-electron chi connectivity index (χ4n) is 4.12. The number of pyridine rings is 1. The molecule has 4 rings (SSSR count). The van der Waals surface area contributed by atoms with E-state index in [0.29, 0.717) is 6.04 Å². The maximum Gasteiger partial charge on any atom is 0.191 e. The van der Waals surface area contributed by atoms with Crippen LogP contribution in [0.3, 0.4) is 0 Å². The Hall–Kier alpha value is -1.84. The van der Waals surface area contributed by atoms with Crippen molar-refractivity contribution in [2.45, 2.75) is 38.8 Å². The lowest BCUT2D eigenvalue weighted by Crippen LogP contribution is -2.48. The van der Waals surface area contributed by atoms with E-state index in [-0.39, 0.29) is 24.0 Å². The predicted molar refractivity (Wildman–Crippen MR) is 144 cm³/mol. The number of H-pyrrole nitrogens is 1. The van der Waals surface area contributed by atoms with Gasteiger partial charge >= 0.3 is 0 Å². The largest absolute Gasteiger partial charge is 0.361 e. The first-order chi connectivity index (χ1) is 15.2. The molecular weight excluding hydrogens is 535 g/mol. The zero-order chi connectivity index (χ0) is 21.5. The number of guanidine groups is 1. The first-order valence-corrected chi connectivity index (χ1v) is 11.5. The van der Waals surface area contributed by atoms with Crippen molar-refractivity contribution < 1.29 is 0 Å². The number of nitrogens with zero attached hydrogens (tertiary/aromatic N) is 3. The third-order valence-corrected chi connectivity index (χ3v) is 6.00. The van der Waals surface area contributed by atoms with Crippen LogP contribution in [0, 0.1) is 0 Å². The number of halogens is 2. The molecule has 0 atom stereocenters. The Morgan fingerprint density at radius 3 is 2.84 bits per heavy atom. The summed E-state index contributed by atoms with van der Waals surface area (Å²) in [6.45, 7) is 6.76. The summed E-state index contributed by atoms with van der Waals surface area (Å²) in [4.78, 5) is 15.1. The molecule has 8 heteroatoms. The molecule has 1 aromatic carbocycles. The lowest BCUT2D eigenvalue weighted by Gasteiger charge is -2.32. The Morgan fingerprint density at radius 2 is 2.09 bits per heavy atom. The fourth-order valence-corrected chi connectivity index (χ4v) is 4.29. The molecule has 0 unspecified atom stereocenters. The van der Waals surface area contributed by atoms with Crippen LogP contribution < -0.4 is 10.6 Å². The van der Waals surface area contributed by atoms with E-state index < -0.39 is 0 Å². The molecule has 3 heterocycles. The average Bonchev–Trinajstić information content (AvgIpc) is 3.18. The van der Waals surface area contributed by atoms with Crippen molar-refractivity contribution in [3.63, 3.8) is 0 Å². The topological polar surface area (TPSA) is 68.3 Å². The highest BCUT2D eigenvalue weighted by Gasteiger charge is 2.20. The highest BCUT2D eigenvalue weighted by Crippen LogP contribution is 2.22. The number of hydrogen-bond acceptors (Lipinski definition) is 3. The summed E-state index contributed by atoms with van der Waals surface area (Å²) >= 11 is 6.17. The van der Waals surface area contributed by atoms with E-state index in [2.05, 4.69) is 50.8 Å². The second-order valence-corrected chi connectivity index (χ2v) is 8.47. The zero-order valence-corrected chi connectivity index (χ0v) is 21.6. The first kappa shape index (κ1) is 24.8. The van der Waals surface area contributed by atoms with Crippen LogP contribution >= 0.6 is 35.6 Å². The minimum atomic E-state index is 0. The molecule has 0 bridgehead atoms. The van der Waals surface area contributed by atoms with Crippen LogP contribution in [0.25, 0.3) is 10.9 Å². The van der Waals surface area contributed by atoms with Crippen molar-refractivity contribution >= 4 is 52.4 Å². The number of benzene rings is 1. The lowest BCUT2D eigenvalue weighted by atomic mass is 10.0. The average molecular weight is 567 g/mol. The molecule has 0 saturated carbocycles. The second-order valence-electron chi connectivity index (χ2n) is 8.03. The molecule has 2 aromatic heterocycles. The molecule has 1 aliphatic heterocycles. The number of fused-ring (bicyclic) bond motifs is 1. The van der Waals surface area contributed by atoms with Crippen LogP contribution in [0.5, 0.6) is 0 Å². The van der Waals surface area contributed by atoms with Gasteiger partial charge in [0.1, 0.15) is 0 Å². The smallest absolute Gasteiger partial charge is 0.191 e. The van der Waals surface area contributed by atoms with Crippen LogP contribution in [0.15, 0.2) is 53.8 Å². The van der Waals surface area contributed by atoms with Gasteiger partial charge in [-0.1, -0.05) is 17.7 Å². The van der Waals surface area contributed by atoms with Crippen molar-refractivity contribution in [3.8, 4) is 0 Å². The van der Waals surface area contributed by atoms with Gasteiger partial charge in [0.2, 0.25) is 0 Å². The van der Waals surface area contributed by atoms with E-state index in [1.54, 1.807) is 0 Å². The van der Waals surface area contributed by atoms with Gasteiger partial charge in [-0.2, -0.15) is 0 Å². The number of aromatic nitrogens is 2. The lowest BCUT2D eigenvalue weighted by molar-refractivity contribution is 0.196. The van der Waals surface area contributed by atoms with E-state index in [0.717, 1.165) is 74.2 Å². The molecule has 0 radical (unpaired) electrons. The molecule has 6 nitrogen and oxygen atoms in total. The van der Waals surface area contributed by atoms with E-state index in [1.165, 1.54) is 10.9 Å². The number of aliphatic imine (C=N–C) groups is 1. The number of piperidine rings is 1. The SMILES string of the molecule is CCNC(=NCCc1c[nH]c2ccc(Cl)cc12)NC1CCN(Cc2ccccn2)CC1.I. The number of nitrogens with one attached hydrogen (secondary N) is 3. The van der Waals surface area contributed by atoms with E-state index in [1.807, 2.05) is 30.5 Å². The van der Waals surface area contributed by atoms with Gasteiger partial charge in [-0.25, -0.2) is 0 Å². The summed E-state index contributed by atoms with van der Waals surface area (Å²) in [6.07, 6.45) is 7.03. The fraction of sp³-hybridized carbons (Fsp3) is 0.417. The number of rotatable bonds is 7. The van der Waals surface area contributed by atoms with Gasteiger partial charge in [0.25, 0.3) is 0 Å². The summed E-state index contributed by atoms with van der Waals surface area (Å²) in [7, 11) is 0. The van der Waals surface area contributed by atoms with Gasteiger partial charge in [-0.15, -0.1) is 24.0 Å². The molecular formula is C24H32ClIN6. The van der Waals surface area contributed by atoms with Gasteiger partial charge in [-0.3, -0.25) is 14.9 Å². The zero-order valence-electron chi connectivity index (χ0n) is 18.5. The highest BCUT2D eigenvalue weighted by molar-refractivity contribution is 14.0. The van der Waals surface area contributed by atoms with Gasteiger partial charge in [-0.05, 0) is 62.1 Å². The molecule has 1 saturated heterocycles. The van der Waals surface area contributed by atoms with Crippen molar-refractivity contribution in [2.75, 3.05) is 26.2 Å². The third-order valence-electron chi connectivity index (χ3n) is 5.76. The van der Waals surface area contributed by atoms with Crippen LogP contribution in [-0.2, 0) is 13.0 Å². The molecule has 1 aliphatic rings. The van der Waals surface area contributed by atoms with E-state index >= 15 is 0 Å². The van der Waals surface area contributed by atoms with Crippen molar-refractivity contribution in [3.05, 3.63) is 65.1 Å². The number of likely N-dealkylation sites (tertiary alicyclic amines) is 1. The second kappa shape index (κ2) is 12.4. The third kappa shape index (κ3) is 6.83. The monoisotopic (exact) mass is 566 g/mol. The molecule has 32 heavy (non-hydrogen) atoms. The highest BCUT2D eigenvalue weighted by atomic mass is 127. The maximum atomic E-state index is 6.17. The van der Waals surface area contributed by atoms with E-state index in [4.69, 9.17) is 16.6 Å². The Labute approximate surface area is 212 Å². The Kier molecular flexibility index (Phi) is 9.62. The number of hydrogen-bond donors (Lipinski definition) is 3. The minimum Gasteiger partial charge on any atom is -0.361 e. The summed E-state index contributed by atoms with van der Waals surface area (Å²) < 4.78 is 0. The van der Waals surface area contributed by atoms with Crippen molar-refractivity contribution in [1.82, 2.24) is 25.5 Å². The molecule has 1 fully saturated rings. The Balaban J connectivity index is 0.00000289. The Morgan fingerprint density at radius 1 is 1.25 bits per heavy atom. The number of aromatic amines is 1. The normalized spacial score (nSPS) is 15.5. The molecule has 0 spiro atoms. The van der Waals surface area contributed by atoms with Crippen LogP contribution in [0.1, 0.15) is 31.0 Å². The summed E-state index contributed by atoms with van der Waals surface area (Å²) in [5, 5.41) is 8.98. The summed E-state index contributed by atoms with van der Waals surface area (Å²) in [5.41, 5.74) is 3.51. The maximum absolute atomic E-state index is 6.17.